The summed E-state index contributed by atoms with van der Waals surface area (Å²) in [6, 6.07) is 9.06. The number of hydrogen-bond acceptors (Lipinski definition) is 10. The quantitative estimate of drug-likeness (QED) is 0.141. The highest BCUT2D eigenvalue weighted by molar-refractivity contribution is 5.95. The molecule has 4 N–H and O–H groups in total. The molecule has 0 fully saturated rings. The van der Waals surface area contributed by atoms with E-state index in [1.807, 2.05) is 6.92 Å². The second kappa shape index (κ2) is 13.2. The number of aliphatic hydroxyl groups is 1. The minimum atomic E-state index is -1.13. The molecular weight excluding hydrogens is 496 g/mol. The molecule has 0 spiro atoms. The minimum absolute atomic E-state index is 0.146. The van der Waals surface area contributed by atoms with Crippen molar-refractivity contribution >= 4 is 18.2 Å². The van der Waals surface area contributed by atoms with Gasteiger partial charge in [-0.1, -0.05) is 6.07 Å². The van der Waals surface area contributed by atoms with Gasteiger partial charge in [0.05, 0.1) is 45.8 Å². The van der Waals surface area contributed by atoms with Crippen LogP contribution in [0.4, 0.5) is 4.79 Å². The Kier molecular flexibility index (Phi) is 9.77. The zero-order valence-electron chi connectivity index (χ0n) is 21.9. The Bertz CT molecular complexity index is 1210. The fourth-order valence-corrected chi connectivity index (χ4v) is 3.74. The van der Waals surface area contributed by atoms with Gasteiger partial charge in [-0.05, 0) is 43.7 Å². The summed E-state index contributed by atoms with van der Waals surface area (Å²) in [5.41, 5.74) is 4.53. The maximum atomic E-state index is 12.4. The lowest BCUT2D eigenvalue weighted by molar-refractivity contribution is -0.136. The van der Waals surface area contributed by atoms with Crippen molar-refractivity contribution in [2.24, 2.45) is 5.10 Å². The second-order valence-corrected chi connectivity index (χ2v) is 8.02. The van der Waals surface area contributed by atoms with Crippen LogP contribution in [0, 0.1) is 0 Å². The fourth-order valence-electron chi connectivity index (χ4n) is 3.74. The third kappa shape index (κ3) is 6.85. The highest BCUT2D eigenvalue weighted by atomic mass is 16.5. The minimum Gasteiger partial charge on any atom is -0.497 e. The molecule has 0 saturated heterocycles. The summed E-state index contributed by atoms with van der Waals surface area (Å²) in [5.74, 6) is 1.37. The number of ether oxygens (including phenoxy) is 5. The van der Waals surface area contributed by atoms with E-state index < -0.39 is 24.3 Å². The van der Waals surface area contributed by atoms with E-state index in [1.165, 1.54) is 20.4 Å². The van der Waals surface area contributed by atoms with Gasteiger partial charge in [0.2, 0.25) is 0 Å². The molecule has 12 nitrogen and oxygen atoms in total. The van der Waals surface area contributed by atoms with Crippen LogP contribution in [-0.4, -0.2) is 64.1 Å². The van der Waals surface area contributed by atoms with E-state index in [-0.39, 0.29) is 12.2 Å². The van der Waals surface area contributed by atoms with E-state index in [0.717, 1.165) is 0 Å². The largest absolute Gasteiger partial charge is 0.497 e. The van der Waals surface area contributed by atoms with Gasteiger partial charge >= 0.3 is 12.0 Å². The number of hydrogen-bond donors (Lipinski definition) is 4. The molecule has 204 valence electrons. The first-order chi connectivity index (χ1) is 18.3. The number of aliphatic hydroxyl groups excluding tert-OH is 1. The molecule has 1 aliphatic rings. The molecule has 0 aromatic heterocycles. The topological polar surface area (TPSA) is 149 Å². The molecule has 2 atom stereocenters. The van der Waals surface area contributed by atoms with Gasteiger partial charge in [-0.2, -0.15) is 5.10 Å². The predicted molar refractivity (Wildman–Crippen MR) is 139 cm³/mol. The van der Waals surface area contributed by atoms with Gasteiger partial charge in [0.25, 0.3) is 0 Å². The zero-order valence-corrected chi connectivity index (χ0v) is 21.9. The molecule has 3 rings (SSSR count). The molecular formula is C26H32N4O8. The first kappa shape index (κ1) is 28.1. The van der Waals surface area contributed by atoms with Crippen LogP contribution in [0.2, 0.25) is 0 Å². The molecule has 0 radical (unpaired) electrons. The molecule has 2 amide bonds. The Labute approximate surface area is 220 Å². The number of methoxy groups -OCH3 is 3. The monoisotopic (exact) mass is 528 g/mol. The van der Waals surface area contributed by atoms with Crippen LogP contribution < -0.4 is 35.0 Å². The van der Waals surface area contributed by atoms with Crippen molar-refractivity contribution in [2.45, 2.75) is 26.1 Å². The van der Waals surface area contributed by atoms with Crippen molar-refractivity contribution in [1.29, 1.82) is 0 Å². The summed E-state index contributed by atoms with van der Waals surface area (Å²) in [6.45, 7) is 3.63. The van der Waals surface area contributed by atoms with Crippen molar-refractivity contribution in [2.75, 3.05) is 34.5 Å². The average molecular weight is 529 g/mol. The van der Waals surface area contributed by atoms with Gasteiger partial charge in [0.1, 0.15) is 18.1 Å². The zero-order chi connectivity index (χ0) is 27.7. The van der Waals surface area contributed by atoms with Crippen molar-refractivity contribution < 1.29 is 38.4 Å². The van der Waals surface area contributed by atoms with Gasteiger partial charge in [-0.3, -0.25) is 5.43 Å². The summed E-state index contributed by atoms with van der Waals surface area (Å²) in [6.07, 6.45) is 0.369. The molecule has 0 unspecified atom stereocenters. The number of benzene rings is 2. The Morgan fingerprint density at radius 2 is 1.89 bits per heavy atom. The van der Waals surface area contributed by atoms with Crippen molar-refractivity contribution in [3.63, 3.8) is 0 Å². The molecule has 38 heavy (non-hydrogen) atoms. The molecule has 1 heterocycles. The van der Waals surface area contributed by atoms with E-state index in [2.05, 4.69) is 21.2 Å². The Morgan fingerprint density at radius 3 is 2.58 bits per heavy atom. The molecule has 0 bridgehead atoms. The van der Waals surface area contributed by atoms with Crippen LogP contribution in [0.25, 0.3) is 0 Å². The first-order valence-electron chi connectivity index (χ1n) is 11.8. The summed E-state index contributed by atoms with van der Waals surface area (Å²) >= 11 is 0. The number of rotatable bonds is 12. The summed E-state index contributed by atoms with van der Waals surface area (Å²) in [4.78, 5) is 24.5. The normalized spacial score (nSPS) is 15.8. The second-order valence-electron chi connectivity index (χ2n) is 8.02. The lowest BCUT2D eigenvalue weighted by Gasteiger charge is -2.28. The van der Waals surface area contributed by atoms with E-state index in [1.54, 1.807) is 50.4 Å². The number of allylic oxidation sites excluding steroid dienone is 1. The number of nitrogens with zero attached hydrogens (tertiary/aromatic N) is 1. The van der Waals surface area contributed by atoms with Gasteiger partial charge < -0.3 is 39.4 Å². The highest BCUT2D eigenvalue weighted by Crippen LogP contribution is 2.35. The van der Waals surface area contributed by atoms with E-state index in [9.17, 15) is 14.7 Å². The SMILES string of the molecule is CCOc1cc([C@@H]2NC(=O)NC(C)=C2C(=O)OC)ccc1OC[C@H](O)N/N=C\c1ccc(OC)cc1OC. The molecule has 1 aliphatic heterocycles. The van der Waals surface area contributed by atoms with Gasteiger partial charge in [-0.15, -0.1) is 0 Å². The van der Waals surface area contributed by atoms with Crippen molar-refractivity contribution in [3.8, 4) is 23.0 Å². The van der Waals surface area contributed by atoms with Crippen molar-refractivity contribution in [3.05, 3.63) is 58.8 Å². The Hall–Kier alpha value is -4.45. The maximum absolute atomic E-state index is 12.4. The Morgan fingerprint density at radius 1 is 1.11 bits per heavy atom. The summed E-state index contributed by atoms with van der Waals surface area (Å²) < 4.78 is 26.9. The number of nitrogens with one attached hydrogen (secondary N) is 3. The number of carbonyl (C=O) groups is 2. The van der Waals surface area contributed by atoms with Gasteiger partial charge in [0, 0.05) is 17.3 Å². The number of carbonyl (C=O) groups excluding carboxylic acids is 2. The van der Waals surface area contributed by atoms with E-state index in [0.29, 0.717) is 46.4 Å². The van der Waals surface area contributed by atoms with Crippen LogP contribution >= 0.6 is 0 Å². The summed E-state index contributed by atoms with van der Waals surface area (Å²) in [7, 11) is 4.37. The molecule has 0 saturated carbocycles. The molecule has 2 aromatic rings. The average Bonchev–Trinajstić information content (AvgIpc) is 2.91. The fraction of sp³-hybridized carbons (Fsp3) is 0.346. The molecule has 0 aliphatic carbocycles. The van der Waals surface area contributed by atoms with Crippen LogP contribution in [-0.2, 0) is 9.53 Å². The van der Waals surface area contributed by atoms with Crippen molar-refractivity contribution in [1.82, 2.24) is 16.1 Å². The lowest BCUT2D eigenvalue weighted by atomic mass is 9.95. The standard InChI is InChI=1S/C26H32N4O8/c1-6-37-21-11-16(24-23(25(32)36-5)15(2)28-26(33)29-24)8-10-19(21)38-14-22(31)30-27-13-17-7-9-18(34-3)12-20(17)35-4/h7-13,22,24,30-31H,6,14H2,1-5H3,(H2,28,29,33)/b27-13-/t22-,24-/m0/s1. The van der Waals surface area contributed by atoms with Crippen LogP contribution in [0.5, 0.6) is 23.0 Å². The predicted octanol–water partition coefficient (Wildman–Crippen LogP) is 2.22. The number of amides is 2. The van der Waals surface area contributed by atoms with Crippen LogP contribution in [0.15, 0.2) is 52.8 Å². The van der Waals surface area contributed by atoms with Crippen LogP contribution in [0.3, 0.4) is 0 Å². The lowest BCUT2D eigenvalue weighted by Crippen LogP contribution is -2.45. The highest BCUT2D eigenvalue weighted by Gasteiger charge is 2.32. The molecule has 12 heteroatoms. The first-order valence-corrected chi connectivity index (χ1v) is 11.8. The smallest absolute Gasteiger partial charge is 0.337 e. The Balaban J connectivity index is 1.70. The number of esters is 1. The van der Waals surface area contributed by atoms with Crippen LogP contribution in [0.1, 0.15) is 31.0 Å². The third-order valence-electron chi connectivity index (χ3n) is 5.54. The molecule has 2 aromatic carbocycles. The van der Waals surface area contributed by atoms with Gasteiger partial charge in [-0.25, -0.2) is 9.59 Å². The van der Waals surface area contributed by atoms with Gasteiger partial charge in [0.15, 0.2) is 17.7 Å². The number of urea groups is 1. The van der Waals surface area contributed by atoms with E-state index in [4.69, 9.17) is 23.7 Å². The number of hydrazone groups is 1. The third-order valence-corrected chi connectivity index (χ3v) is 5.54. The summed E-state index contributed by atoms with van der Waals surface area (Å²) in [5, 5.41) is 19.7. The van der Waals surface area contributed by atoms with E-state index >= 15 is 0 Å². The maximum Gasteiger partial charge on any atom is 0.337 e.